The van der Waals surface area contributed by atoms with Gasteiger partial charge in [-0.2, -0.15) is 0 Å². The molecule has 0 radical (unpaired) electrons. The molecule has 1 aromatic carbocycles. The summed E-state index contributed by atoms with van der Waals surface area (Å²) in [4.78, 5) is 23.4. The second kappa shape index (κ2) is 7.09. The largest absolute Gasteiger partial charge is 0.481 e. The van der Waals surface area contributed by atoms with Crippen LogP contribution < -0.4 is 0 Å². The fourth-order valence-electron chi connectivity index (χ4n) is 1.62. The number of benzene rings is 1. The predicted octanol–water partition coefficient (Wildman–Crippen LogP) is 2.69. The second-order valence-corrected chi connectivity index (χ2v) is 4.58. The summed E-state index contributed by atoms with van der Waals surface area (Å²) in [5, 5.41) is 8.82. The highest BCUT2D eigenvalue weighted by Gasteiger charge is 2.12. The van der Waals surface area contributed by atoms with E-state index in [1.807, 2.05) is 0 Å². The summed E-state index contributed by atoms with van der Waals surface area (Å²) in [6, 6.07) is 3.98. The van der Waals surface area contributed by atoms with Gasteiger partial charge in [-0.3, -0.25) is 9.59 Å². The molecule has 1 rings (SSSR count). The van der Waals surface area contributed by atoms with Gasteiger partial charge in [0, 0.05) is 31.5 Å². The third kappa shape index (κ3) is 5.26. The van der Waals surface area contributed by atoms with Gasteiger partial charge in [0.2, 0.25) is 5.91 Å². The Labute approximate surface area is 115 Å². The summed E-state index contributed by atoms with van der Waals surface area (Å²) in [5.41, 5.74) is 0.633. The summed E-state index contributed by atoms with van der Waals surface area (Å²) in [5.74, 6) is -1.51. The number of carbonyl (C=O) groups is 2. The Kier molecular flexibility index (Phi) is 5.76. The van der Waals surface area contributed by atoms with Crippen LogP contribution in [0.2, 0.25) is 5.02 Å². The summed E-state index contributed by atoms with van der Waals surface area (Å²) in [7, 11) is 0. The highest BCUT2D eigenvalue weighted by molar-refractivity contribution is 6.31. The molecule has 0 saturated carbocycles. The number of aliphatic carboxylic acids is 1. The Balaban J connectivity index is 2.67. The van der Waals surface area contributed by atoms with E-state index in [9.17, 15) is 14.0 Å². The molecule has 0 aromatic heterocycles. The van der Waals surface area contributed by atoms with E-state index in [1.165, 1.54) is 30.0 Å². The molecular formula is C13H15ClFNO3. The van der Waals surface area contributed by atoms with Gasteiger partial charge in [0.05, 0.1) is 0 Å². The Bertz CT molecular complexity index is 479. The van der Waals surface area contributed by atoms with Crippen LogP contribution in [0.25, 0.3) is 0 Å². The molecule has 0 bridgehead atoms. The molecule has 0 spiro atoms. The van der Waals surface area contributed by atoms with Crippen molar-refractivity contribution in [2.45, 2.75) is 26.3 Å². The van der Waals surface area contributed by atoms with Gasteiger partial charge in [-0.15, -0.1) is 0 Å². The highest BCUT2D eigenvalue weighted by atomic mass is 35.5. The van der Waals surface area contributed by atoms with Gasteiger partial charge < -0.3 is 10.0 Å². The van der Waals surface area contributed by atoms with Crippen LogP contribution in [0.1, 0.15) is 25.3 Å². The van der Waals surface area contributed by atoms with Crippen LogP contribution in [0.4, 0.5) is 4.39 Å². The van der Waals surface area contributed by atoms with E-state index >= 15 is 0 Å². The molecule has 0 saturated heterocycles. The molecule has 0 atom stereocenters. The lowest BCUT2D eigenvalue weighted by atomic mass is 10.2. The number of carbonyl (C=O) groups excluding carboxylic acids is 1. The van der Waals surface area contributed by atoms with Crippen molar-refractivity contribution in [1.82, 2.24) is 4.90 Å². The zero-order valence-electron chi connectivity index (χ0n) is 10.5. The zero-order chi connectivity index (χ0) is 14.4. The monoisotopic (exact) mass is 287 g/mol. The molecule has 19 heavy (non-hydrogen) atoms. The maximum absolute atomic E-state index is 12.9. The molecule has 6 heteroatoms. The van der Waals surface area contributed by atoms with Gasteiger partial charge in [-0.05, 0) is 24.1 Å². The molecule has 0 aliphatic heterocycles. The Hall–Kier alpha value is -1.62. The minimum Gasteiger partial charge on any atom is -0.481 e. The number of nitrogens with zero attached hydrogens (tertiary/aromatic N) is 1. The molecule has 4 nitrogen and oxygen atoms in total. The molecule has 1 N–H and O–H groups in total. The van der Waals surface area contributed by atoms with Crippen LogP contribution >= 0.6 is 11.6 Å². The van der Waals surface area contributed by atoms with E-state index in [1.54, 1.807) is 0 Å². The summed E-state index contributed by atoms with van der Waals surface area (Å²) < 4.78 is 12.9. The maximum atomic E-state index is 12.9. The molecule has 0 aliphatic rings. The Morgan fingerprint density at radius 3 is 2.63 bits per heavy atom. The molecule has 0 aliphatic carbocycles. The average molecular weight is 288 g/mol. The summed E-state index contributed by atoms with van der Waals surface area (Å²) in [6.07, 6.45) is 0.370. The van der Waals surface area contributed by atoms with E-state index in [0.717, 1.165) is 0 Å². The molecule has 0 heterocycles. The minimum atomic E-state index is -0.900. The first-order valence-electron chi connectivity index (χ1n) is 5.81. The Morgan fingerprint density at radius 1 is 1.42 bits per heavy atom. The topological polar surface area (TPSA) is 57.6 Å². The van der Waals surface area contributed by atoms with E-state index in [0.29, 0.717) is 18.5 Å². The summed E-state index contributed by atoms with van der Waals surface area (Å²) in [6.45, 7) is 1.97. The highest BCUT2D eigenvalue weighted by Crippen LogP contribution is 2.19. The molecule has 0 unspecified atom stereocenters. The molecular weight excluding hydrogens is 273 g/mol. The first-order chi connectivity index (χ1) is 8.90. The average Bonchev–Trinajstić information content (AvgIpc) is 2.30. The van der Waals surface area contributed by atoms with E-state index in [2.05, 4.69) is 0 Å². The SMILES string of the molecule is CC(=O)N(CCCC(=O)O)Cc1ccc(F)cc1Cl. The van der Waals surface area contributed by atoms with Gasteiger partial charge in [-0.25, -0.2) is 4.39 Å². The lowest BCUT2D eigenvalue weighted by molar-refractivity contribution is -0.138. The smallest absolute Gasteiger partial charge is 0.303 e. The van der Waals surface area contributed by atoms with Gasteiger partial charge in [0.15, 0.2) is 0 Å². The molecule has 0 fully saturated rings. The van der Waals surface area contributed by atoms with Crippen LogP contribution in [-0.4, -0.2) is 28.4 Å². The lowest BCUT2D eigenvalue weighted by Crippen LogP contribution is -2.29. The number of hydrogen-bond acceptors (Lipinski definition) is 2. The number of hydrogen-bond donors (Lipinski definition) is 1. The minimum absolute atomic E-state index is 0.000923. The van der Waals surface area contributed by atoms with Crippen molar-refractivity contribution in [2.75, 3.05) is 6.54 Å². The predicted molar refractivity (Wildman–Crippen MR) is 69.4 cm³/mol. The van der Waals surface area contributed by atoms with Crippen molar-refractivity contribution >= 4 is 23.5 Å². The van der Waals surface area contributed by atoms with Crippen molar-refractivity contribution in [1.29, 1.82) is 0 Å². The number of halogens is 2. The van der Waals surface area contributed by atoms with Crippen molar-refractivity contribution in [3.05, 3.63) is 34.6 Å². The first-order valence-corrected chi connectivity index (χ1v) is 6.19. The van der Waals surface area contributed by atoms with Crippen LogP contribution in [-0.2, 0) is 16.1 Å². The van der Waals surface area contributed by atoms with Crippen molar-refractivity contribution in [3.8, 4) is 0 Å². The second-order valence-electron chi connectivity index (χ2n) is 4.17. The van der Waals surface area contributed by atoms with Crippen LogP contribution in [0.15, 0.2) is 18.2 Å². The number of carboxylic acid groups (broad SMARTS) is 1. The van der Waals surface area contributed by atoms with Crippen molar-refractivity contribution in [2.24, 2.45) is 0 Å². The van der Waals surface area contributed by atoms with E-state index in [4.69, 9.17) is 16.7 Å². The zero-order valence-corrected chi connectivity index (χ0v) is 11.3. The quantitative estimate of drug-likeness (QED) is 0.875. The third-order valence-electron chi connectivity index (χ3n) is 2.64. The van der Waals surface area contributed by atoms with Crippen LogP contribution in [0.5, 0.6) is 0 Å². The van der Waals surface area contributed by atoms with Crippen LogP contribution in [0, 0.1) is 5.82 Å². The van der Waals surface area contributed by atoms with Gasteiger partial charge in [-0.1, -0.05) is 17.7 Å². The Morgan fingerprint density at radius 2 is 2.11 bits per heavy atom. The molecule has 1 amide bonds. The lowest BCUT2D eigenvalue weighted by Gasteiger charge is -2.21. The van der Waals surface area contributed by atoms with Gasteiger partial charge in [0.25, 0.3) is 0 Å². The van der Waals surface area contributed by atoms with Crippen LogP contribution in [0.3, 0.4) is 0 Å². The fraction of sp³-hybridized carbons (Fsp3) is 0.385. The van der Waals surface area contributed by atoms with E-state index in [-0.39, 0.29) is 23.9 Å². The third-order valence-corrected chi connectivity index (χ3v) is 2.99. The summed E-state index contributed by atoms with van der Waals surface area (Å²) >= 11 is 5.89. The maximum Gasteiger partial charge on any atom is 0.303 e. The normalized spacial score (nSPS) is 10.3. The van der Waals surface area contributed by atoms with Gasteiger partial charge in [0.1, 0.15) is 5.82 Å². The van der Waals surface area contributed by atoms with Crippen molar-refractivity contribution in [3.63, 3.8) is 0 Å². The number of rotatable bonds is 6. The van der Waals surface area contributed by atoms with Crippen molar-refractivity contribution < 1.29 is 19.1 Å². The van der Waals surface area contributed by atoms with E-state index < -0.39 is 11.8 Å². The fourth-order valence-corrected chi connectivity index (χ4v) is 1.85. The first kappa shape index (κ1) is 15.4. The van der Waals surface area contributed by atoms with Gasteiger partial charge >= 0.3 is 5.97 Å². The molecule has 1 aromatic rings. The number of carboxylic acids is 1. The molecule has 104 valence electrons. The number of amides is 1. The standard InChI is InChI=1S/C13H15ClFNO3/c1-9(17)16(6-2-3-13(18)19)8-10-4-5-11(15)7-12(10)14/h4-5,7H,2-3,6,8H2,1H3,(H,18,19).